The van der Waals surface area contributed by atoms with E-state index in [9.17, 15) is 10.1 Å². The number of benzene rings is 2. The number of aromatic nitrogens is 1. The van der Waals surface area contributed by atoms with Crippen molar-refractivity contribution in [3.8, 4) is 5.75 Å². The molecule has 0 spiro atoms. The van der Waals surface area contributed by atoms with Gasteiger partial charge in [0.05, 0.1) is 17.5 Å². The third-order valence-electron chi connectivity index (χ3n) is 3.79. The number of nitrogens with one attached hydrogen (secondary N) is 1. The first-order valence-corrected chi connectivity index (χ1v) is 7.50. The Morgan fingerprint density at radius 3 is 2.75 bits per heavy atom. The molecular weight excluding hydrogens is 306 g/mol. The van der Waals surface area contributed by atoms with Gasteiger partial charge in [0.2, 0.25) is 0 Å². The van der Waals surface area contributed by atoms with Gasteiger partial charge >= 0.3 is 0 Å². The SMILES string of the molecule is COc1ccccc1CNc1cc(C)nc2ccc([N+](=O)[O-])cc12. The van der Waals surface area contributed by atoms with Gasteiger partial charge < -0.3 is 10.1 Å². The Kier molecular flexibility index (Phi) is 4.29. The maximum atomic E-state index is 11.0. The minimum Gasteiger partial charge on any atom is -0.496 e. The molecule has 24 heavy (non-hydrogen) atoms. The predicted molar refractivity (Wildman–Crippen MR) is 93.5 cm³/mol. The van der Waals surface area contributed by atoms with Gasteiger partial charge in [-0.25, -0.2) is 0 Å². The molecule has 2 aromatic carbocycles. The van der Waals surface area contributed by atoms with Crippen LogP contribution in [-0.2, 0) is 6.54 Å². The molecule has 0 aliphatic rings. The van der Waals surface area contributed by atoms with Crippen LogP contribution in [0, 0.1) is 17.0 Å². The average Bonchev–Trinajstić information content (AvgIpc) is 2.59. The van der Waals surface area contributed by atoms with E-state index in [-0.39, 0.29) is 5.69 Å². The number of nitro groups is 1. The molecule has 6 heteroatoms. The molecule has 1 aromatic heterocycles. The molecule has 1 N–H and O–H groups in total. The molecule has 0 amide bonds. The number of methoxy groups -OCH3 is 1. The topological polar surface area (TPSA) is 77.3 Å². The average molecular weight is 323 g/mol. The Bertz CT molecular complexity index is 909. The van der Waals surface area contributed by atoms with E-state index in [0.717, 1.165) is 33.6 Å². The number of non-ortho nitro benzene ring substituents is 1. The number of ether oxygens (including phenoxy) is 1. The van der Waals surface area contributed by atoms with E-state index in [1.54, 1.807) is 19.2 Å². The van der Waals surface area contributed by atoms with Gasteiger partial charge in [0.15, 0.2) is 0 Å². The molecule has 3 rings (SSSR count). The highest BCUT2D eigenvalue weighted by Crippen LogP contribution is 2.28. The molecule has 1 heterocycles. The molecule has 0 radical (unpaired) electrons. The molecule has 6 nitrogen and oxygen atoms in total. The number of fused-ring (bicyclic) bond motifs is 1. The van der Waals surface area contributed by atoms with Crippen LogP contribution >= 0.6 is 0 Å². The van der Waals surface area contributed by atoms with E-state index in [0.29, 0.717) is 6.54 Å². The molecule has 0 atom stereocenters. The van der Waals surface area contributed by atoms with Crippen molar-refractivity contribution in [3.05, 3.63) is 69.9 Å². The summed E-state index contributed by atoms with van der Waals surface area (Å²) in [4.78, 5) is 15.1. The fourth-order valence-corrected chi connectivity index (χ4v) is 2.65. The Morgan fingerprint density at radius 1 is 1.21 bits per heavy atom. The number of nitrogens with zero attached hydrogens (tertiary/aromatic N) is 2. The minimum absolute atomic E-state index is 0.0495. The standard InChI is InChI=1S/C18H17N3O3/c1-12-9-17(19-11-13-5-3-4-6-18(13)24-2)15-10-14(21(22)23)7-8-16(15)20-12/h3-10H,11H2,1-2H3,(H,19,20). The van der Waals surface area contributed by atoms with E-state index < -0.39 is 4.92 Å². The second-order valence-electron chi connectivity index (χ2n) is 5.44. The van der Waals surface area contributed by atoms with Gasteiger partial charge in [0.25, 0.3) is 5.69 Å². The molecule has 122 valence electrons. The number of aryl methyl sites for hydroxylation is 1. The summed E-state index contributed by atoms with van der Waals surface area (Å²) in [6, 6.07) is 14.3. The fraction of sp³-hybridized carbons (Fsp3) is 0.167. The lowest BCUT2D eigenvalue weighted by Gasteiger charge is -2.13. The molecule has 0 saturated heterocycles. The van der Waals surface area contributed by atoms with Crippen molar-refractivity contribution >= 4 is 22.3 Å². The predicted octanol–water partition coefficient (Wildman–Crippen LogP) is 4.07. The van der Waals surface area contributed by atoms with E-state index in [4.69, 9.17) is 4.74 Å². The van der Waals surface area contributed by atoms with Crippen molar-refractivity contribution in [3.63, 3.8) is 0 Å². The van der Waals surface area contributed by atoms with Gasteiger partial charge in [-0.05, 0) is 25.1 Å². The Labute approximate surface area is 139 Å². The van der Waals surface area contributed by atoms with Crippen LogP contribution in [0.25, 0.3) is 10.9 Å². The number of rotatable bonds is 5. The summed E-state index contributed by atoms with van der Waals surface area (Å²) in [5.41, 5.74) is 3.44. The largest absolute Gasteiger partial charge is 0.496 e. The summed E-state index contributed by atoms with van der Waals surface area (Å²) in [5, 5.41) is 15.1. The number of anilines is 1. The van der Waals surface area contributed by atoms with E-state index in [2.05, 4.69) is 10.3 Å². The lowest BCUT2D eigenvalue weighted by atomic mass is 10.1. The van der Waals surface area contributed by atoms with E-state index in [1.165, 1.54) is 6.07 Å². The smallest absolute Gasteiger partial charge is 0.270 e. The summed E-state index contributed by atoms with van der Waals surface area (Å²) in [6.45, 7) is 2.44. The van der Waals surface area contributed by atoms with Crippen LogP contribution < -0.4 is 10.1 Å². The van der Waals surface area contributed by atoms with Crippen molar-refractivity contribution in [1.82, 2.24) is 4.98 Å². The second-order valence-corrected chi connectivity index (χ2v) is 5.44. The molecule has 0 saturated carbocycles. The quantitative estimate of drug-likeness (QED) is 0.565. The first-order valence-electron chi connectivity index (χ1n) is 7.50. The second kappa shape index (κ2) is 6.54. The highest BCUT2D eigenvalue weighted by Gasteiger charge is 2.11. The van der Waals surface area contributed by atoms with Crippen molar-refractivity contribution in [2.75, 3.05) is 12.4 Å². The highest BCUT2D eigenvalue weighted by atomic mass is 16.6. The van der Waals surface area contributed by atoms with Crippen LogP contribution in [0.15, 0.2) is 48.5 Å². The third-order valence-corrected chi connectivity index (χ3v) is 3.79. The van der Waals surface area contributed by atoms with Crippen molar-refractivity contribution < 1.29 is 9.66 Å². The third kappa shape index (κ3) is 3.12. The maximum absolute atomic E-state index is 11.0. The van der Waals surface area contributed by atoms with Gasteiger partial charge in [0.1, 0.15) is 5.75 Å². The number of hydrogen-bond acceptors (Lipinski definition) is 5. The number of para-hydroxylation sites is 1. The zero-order valence-electron chi connectivity index (χ0n) is 13.4. The zero-order valence-corrected chi connectivity index (χ0v) is 13.4. The molecule has 0 fully saturated rings. The molecular formula is C18H17N3O3. The van der Waals surface area contributed by atoms with Gasteiger partial charge in [-0.1, -0.05) is 18.2 Å². The monoisotopic (exact) mass is 323 g/mol. The van der Waals surface area contributed by atoms with Crippen LogP contribution in [0.1, 0.15) is 11.3 Å². The van der Waals surface area contributed by atoms with Crippen LogP contribution in [-0.4, -0.2) is 17.0 Å². The van der Waals surface area contributed by atoms with Crippen LogP contribution in [0.2, 0.25) is 0 Å². The van der Waals surface area contributed by atoms with Crippen molar-refractivity contribution in [2.24, 2.45) is 0 Å². The minimum atomic E-state index is -0.400. The molecule has 0 aliphatic heterocycles. The van der Waals surface area contributed by atoms with Crippen LogP contribution in [0.4, 0.5) is 11.4 Å². The Hall–Kier alpha value is -3.15. The molecule has 0 aliphatic carbocycles. The lowest BCUT2D eigenvalue weighted by molar-refractivity contribution is -0.384. The number of nitro benzene ring substituents is 1. The maximum Gasteiger partial charge on any atom is 0.270 e. The summed E-state index contributed by atoms with van der Waals surface area (Å²) in [5.74, 6) is 0.797. The Balaban J connectivity index is 1.98. The van der Waals surface area contributed by atoms with Crippen molar-refractivity contribution in [2.45, 2.75) is 13.5 Å². The van der Waals surface area contributed by atoms with Crippen molar-refractivity contribution in [1.29, 1.82) is 0 Å². The Morgan fingerprint density at radius 2 is 2.00 bits per heavy atom. The summed E-state index contributed by atoms with van der Waals surface area (Å²) in [7, 11) is 1.63. The zero-order chi connectivity index (χ0) is 17.1. The van der Waals surface area contributed by atoms with Gasteiger partial charge in [-0.15, -0.1) is 0 Å². The van der Waals surface area contributed by atoms with Gasteiger partial charge in [-0.2, -0.15) is 0 Å². The summed E-state index contributed by atoms with van der Waals surface area (Å²) < 4.78 is 5.35. The molecule has 3 aromatic rings. The van der Waals surface area contributed by atoms with E-state index in [1.807, 2.05) is 37.3 Å². The van der Waals surface area contributed by atoms with Gasteiger partial charge in [-0.3, -0.25) is 15.1 Å². The van der Waals surface area contributed by atoms with Crippen LogP contribution in [0.5, 0.6) is 5.75 Å². The molecule has 0 bridgehead atoms. The number of pyridine rings is 1. The summed E-state index contributed by atoms with van der Waals surface area (Å²) in [6.07, 6.45) is 0. The van der Waals surface area contributed by atoms with Gasteiger partial charge in [0, 0.05) is 41.0 Å². The number of hydrogen-bond donors (Lipinski definition) is 1. The lowest BCUT2D eigenvalue weighted by Crippen LogP contribution is -2.03. The first kappa shape index (κ1) is 15.7. The normalized spacial score (nSPS) is 10.6. The summed E-state index contributed by atoms with van der Waals surface area (Å²) >= 11 is 0. The van der Waals surface area contributed by atoms with E-state index >= 15 is 0 Å². The van der Waals surface area contributed by atoms with Crippen LogP contribution in [0.3, 0.4) is 0 Å². The fourth-order valence-electron chi connectivity index (χ4n) is 2.65. The molecule has 0 unspecified atom stereocenters. The first-order chi connectivity index (χ1) is 11.6. The highest BCUT2D eigenvalue weighted by molar-refractivity contribution is 5.93.